The van der Waals surface area contributed by atoms with Crippen LogP contribution in [0.4, 0.5) is 4.79 Å². The number of nitriles is 1. The van der Waals surface area contributed by atoms with Crippen molar-refractivity contribution < 1.29 is 9.53 Å². The third-order valence-electron chi connectivity index (χ3n) is 4.13. The van der Waals surface area contributed by atoms with Crippen molar-refractivity contribution in [2.75, 3.05) is 0 Å². The fourth-order valence-electron chi connectivity index (χ4n) is 3.02. The Kier molecular flexibility index (Phi) is 5.18. The van der Waals surface area contributed by atoms with Gasteiger partial charge in [-0.05, 0) is 37.8 Å². The number of nitrogens with zero attached hydrogens (tertiary/aromatic N) is 2. The Morgan fingerprint density at radius 2 is 1.68 bits per heavy atom. The molecule has 0 atom stereocenters. The van der Waals surface area contributed by atoms with Crippen LogP contribution in [0.1, 0.15) is 26.5 Å². The first-order valence-corrected chi connectivity index (χ1v) is 8.90. The van der Waals surface area contributed by atoms with Gasteiger partial charge in [0.25, 0.3) is 5.56 Å². The van der Waals surface area contributed by atoms with Crippen molar-refractivity contribution in [2.45, 2.75) is 33.0 Å². The summed E-state index contributed by atoms with van der Waals surface area (Å²) in [6.07, 6.45) is -0.655. The third kappa shape index (κ3) is 3.89. The zero-order chi connectivity index (χ0) is 20.3. The van der Waals surface area contributed by atoms with Crippen LogP contribution >= 0.6 is 0 Å². The van der Waals surface area contributed by atoms with Crippen molar-refractivity contribution in [3.63, 3.8) is 0 Å². The predicted molar refractivity (Wildman–Crippen MR) is 108 cm³/mol. The van der Waals surface area contributed by atoms with Crippen molar-refractivity contribution >= 4 is 16.9 Å². The van der Waals surface area contributed by atoms with Crippen molar-refractivity contribution in [1.29, 1.82) is 5.26 Å². The highest BCUT2D eigenvalue weighted by atomic mass is 16.6. The lowest BCUT2D eigenvalue weighted by atomic mass is 9.97. The number of amides is 1. The molecule has 1 heterocycles. The van der Waals surface area contributed by atoms with Crippen LogP contribution in [0, 0.1) is 11.3 Å². The van der Waals surface area contributed by atoms with Crippen molar-refractivity contribution in [3.8, 4) is 17.2 Å². The van der Waals surface area contributed by atoms with E-state index in [1.807, 2.05) is 42.5 Å². The maximum atomic E-state index is 13.0. The van der Waals surface area contributed by atoms with E-state index < -0.39 is 11.7 Å². The first kappa shape index (κ1) is 19.2. The lowest BCUT2D eigenvalue weighted by Gasteiger charge is -2.21. The minimum absolute atomic E-state index is 0.165. The van der Waals surface area contributed by atoms with Gasteiger partial charge in [-0.25, -0.2) is 4.79 Å². The molecule has 6 heteroatoms. The van der Waals surface area contributed by atoms with Crippen molar-refractivity contribution in [1.82, 2.24) is 9.88 Å². The first-order chi connectivity index (χ1) is 13.3. The number of nitrogens with one attached hydrogen (secondary N) is 1. The van der Waals surface area contributed by atoms with Gasteiger partial charge in [-0.2, -0.15) is 5.26 Å². The Morgan fingerprint density at radius 3 is 2.29 bits per heavy atom. The molecule has 0 spiro atoms. The second kappa shape index (κ2) is 7.57. The molecule has 1 N–H and O–H groups in total. The maximum Gasteiger partial charge on any atom is 0.409 e. The number of carbonyl (C=O) groups is 1. The van der Waals surface area contributed by atoms with Crippen LogP contribution in [-0.4, -0.2) is 16.3 Å². The average Bonchev–Trinajstić information content (AvgIpc) is 2.66. The molecule has 142 valence electrons. The summed E-state index contributed by atoms with van der Waals surface area (Å²) < 4.78 is 6.50. The summed E-state index contributed by atoms with van der Waals surface area (Å²) >= 11 is 0. The quantitative estimate of drug-likeness (QED) is 0.749. The van der Waals surface area contributed by atoms with Crippen LogP contribution in [0.3, 0.4) is 0 Å². The molecule has 3 aromatic rings. The molecule has 0 radical (unpaired) electrons. The van der Waals surface area contributed by atoms with Crippen LogP contribution in [0.15, 0.2) is 59.4 Å². The Bertz CT molecular complexity index is 1120. The second-order valence-corrected chi connectivity index (χ2v) is 7.32. The number of hydrogen-bond donors (Lipinski definition) is 1. The fraction of sp³-hybridized carbons (Fsp3) is 0.227. The van der Waals surface area contributed by atoms with Crippen LogP contribution in [0.5, 0.6) is 0 Å². The van der Waals surface area contributed by atoms with E-state index in [1.165, 1.54) is 4.57 Å². The molecule has 1 aromatic heterocycles. The molecule has 2 aromatic carbocycles. The number of pyridine rings is 1. The molecule has 0 aliphatic carbocycles. The van der Waals surface area contributed by atoms with Crippen molar-refractivity contribution in [2.24, 2.45) is 0 Å². The van der Waals surface area contributed by atoms with E-state index >= 15 is 0 Å². The number of rotatable bonds is 3. The number of fused-ring (bicyclic) bond motifs is 1. The smallest absolute Gasteiger partial charge is 0.409 e. The summed E-state index contributed by atoms with van der Waals surface area (Å²) in [5, 5.41) is 13.6. The Labute approximate surface area is 163 Å². The second-order valence-electron chi connectivity index (χ2n) is 7.32. The molecule has 3 rings (SSSR count). The standard InChI is InChI=1S/C22H21N3O3/c1-22(2,3)28-21(27)24-14-25-18(13-23)19(15-9-5-4-6-10-15)16-11-7-8-12-17(16)20(25)26/h4-12H,14H2,1-3H3,(H,24,27). The average molecular weight is 375 g/mol. The van der Waals surface area contributed by atoms with Gasteiger partial charge in [0.05, 0.1) is 0 Å². The molecule has 0 bridgehead atoms. The van der Waals surface area contributed by atoms with Crippen LogP contribution in [-0.2, 0) is 11.4 Å². The normalized spacial score (nSPS) is 11.1. The highest BCUT2D eigenvalue weighted by molar-refractivity contribution is 5.98. The fourth-order valence-corrected chi connectivity index (χ4v) is 3.02. The van der Waals surface area contributed by atoms with E-state index in [9.17, 15) is 14.9 Å². The number of aromatic nitrogens is 1. The molecule has 0 aliphatic heterocycles. The van der Waals surface area contributed by atoms with Gasteiger partial charge in [0.2, 0.25) is 0 Å². The molecular weight excluding hydrogens is 354 g/mol. The molecule has 0 aliphatic rings. The molecule has 0 saturated heterocycles. The molecule has 0 fully saturated rings. The lowest BCUT2D eigenvalue weighted by molar-refractivity contribution is 0.0510. The minimum atomic E-state index is -0.661. The van der Waals surface area contributed by atoms with E-state index in [2.05, 4.69) is 11.4 Å². The van der Waals surface area contributed by atoms with Crippen LogP contribution in [0.25, 0.3) is 21.9 Å². The Hall–Kier alpha value is -3.59. The summed E-state index contributed by atoms with van der Waals surface area (Å²) in [6, 6.07) is 18.7. The summed E-state index contributed by atoms with van der Waals surface area (Å²) in [5.41, 5.74) is 0.658. The predicted octanol–water partition coefficient (Wildman–Crippen LogP) is 4.02. The summed E-state index contributed by atoms with van der Waals surface area (Å²) in [4.78, 5) is 25.0. The number of hydrogen-bond acceptors (Lipinski definition) is 4. The highest BCUT2D eigenvalue weighted by Gasteiger charge is 2.20. The monoisotopic (exact) mass is 375 g/mol. The summed E-state index contributed by atoms with van der Waals surface area (Å²) in [6.45, 7) is 5.09. The van der Waals surface area contributed by atoms with E-state index in [0.29, 0.717) is 16.3 Å². The number of ether oxygens (including phenoxy) is 1. The Morgan fingerprint density at radius 1 is 1.07 bits per heavy atom. The van der Waals surface area contributed by atoms with Gasteiger partial charge in [0.1, 0.15) is 24.0 Å². The molecule has 0 saturated carbocycles. The topological polar surface area (TPSA) is 84.1 Å². The molecule has 1 amide bonds. The van der Waals surface area contributed by atoms with E-state index in [4.69, 9.17) is 4.74 Å². The zero-order valence-corrected chi connectivity index (χ0v) is 16.0. The van der Waals surface area contributed by atoms with Gasteiger partial charge in [-0.1, -0.05) is 48.5 Å². The molecular formula is C22H21N3O3. The summed E-state index contributed by atoms with van der Waals surface area (Å²) in [7, 11) is 0. The van der Waals surface area contributed by atoms with Crippen LogP contribution < -0.4 is 10.9 Å². The SMILES string of the molecule is CC(C)(C)OC(=O)NCn1c(C#N)c(-c2ccccc2)c2ccccc2c1=O. The highest BCUT2D eigenvalue weighted by Crippen LogP contribution is 2.30. The Balaban J connectivity index is 2.16. The minimum Gasteiger partial charge on any atom is -0.444 e. The zero-order valence-electron chi connectivity index (χ0n) is 16.0. The van der Waals surface area contributed by atoms with Gasteiger partial charge < -0.3 is 10.1 Å². The van der Waals surface area contributed by atoms with Gasteiger partial charge >= 0.3 is 6.09 Å². The van der Waals surface area contributed by atoms with Crippen molar-refractivity contribution in [3.05, 3.63) is 70.6 Å². The van der Waals surface area contributed by atoms with E-state index in [-0.39, 0.29) is 17.9 Å². The van der Waals surface area contributed by atoms with E-state index in [1.54, 1.807) is 32.9 Å². The number of benzene rings is 2. The number of carbonyl (C=O) groups excluding carboxylic acids is 1. The van der Waals surface area contributed by atoms with E-state index in [0.717, 1.165) is 5.56 Å². The third-order valence-corrected chi connectivity index (χ3v) is 4.13. The van der Waals surface area contributed by atoms with Gasteiger partial charge in [0, 0.05) is 10.9 Å². The maximum absolute atomic E-state index is 13.0. The van der Waals surface area contributed by atoms with Gasteiger partial charge in [0.15, 0.2) is 0 Å². The van der Waals surface area contributed by atoms with Crippen LogP contribution in [0.2, 0.25) is 0 Å². The molecule has 0 unspecified atom stereocenters. The van der Waals surface area contributed by atoms with Gasteiger partial charge in [-0.15, -0.1) is 0 Å². The molecule has 28 heavy (non-hydrogen) atoms. The summed E-state index contributed by atoms with van der Waals surface area (Å²) in [5.74, 6) is 0. The lowest BCUT2D eigenvalue weighted by Crippen LogP contribution is -2.37. The number of alkyl carbamates (subject to hydrolysis) is 1. The first-order valence-electron chi connectivity index (χ1n) is 8.90. The largest absolute Gasteiger partial charge is 0.444 e. The van der Waals surface area contributed by atoms with Gasteiger partial charge in [-0.3, -0.25) is 9.36 Å². The molecule has 6 nitrogen and oxygen atoms in total.